The highest BCUT2D eigenvalue weighted by atomic mass is 16.5. The van der Waals surface area contributed by atoms with Gasteiger partial charge in [0.05, 0.1) is 27.4 Å². The van der Waals surface area contributed by atoms with Crippen LogP contribution in [0.5, 0.6) is 17.2 Å². The van der Waals surface area contributed by atoms with Crippen LogP contribution in [0.15, 0.2) is 59.0 Å². The molecule has 1 aliphatic rings. The number of ether oxygens (including phenoxy) is 3. The highest BCUT2D eigenvalue weighted by Gasteiger charge is 2.34. The van der Waals surface area contributed by atoms with Gasteiger partial charge in [0, 0.05) is 12.0 Å². The molecule has 0 bridgehead atoms. The van der Waals surface area contributed by atoms with Gasteiger partial charge in [-0.15, -0.1) is 0 Å². The van der Waals surface area contributed by atoms with Gasteiger partial charge in [0.2, 0.25) is 0 Å². The summed E-state index contributed by atoms with van der Waals surface area (Å²) in [6.07, 6.45) is 2.71. The van der Waals surface area contributed by atoms with E-state index in [2.05, 4.69) is 5.32 Å². The Bertz CT molecular complexity index is 1040. The Hall–Kier alpha value is -3.41. The fraction of sp³-hybridized carbons (Fsp3) is 0.320. The van der Waals surface area contributed by atoms with E-state index in [9.17, 15) is 4.79 Å². The molecule has 1 amide bonds. The zero-order valence-electron chi connectivity index (χ0n) is 18.0. The van der Waals surface area contributed by atoms with E-state index in [0.717, 1.165) is 41.2 Å². The van der Waals surface area contributed by atoms with Gasteiger partial charge in [0.15, 0.2) is 5.76 Å². The van der Waals surface area contributed by atoms with Crippen molar-refractivity contribution in [3.63, 3.8) is 0 Å². The molecule has 162 valence electrons. The lowest BCUT2D eigenvalue weighted by atomic mass is 10.0. The molecule has 3 aromatic rings. The van der Waals surface area contributed by atoms with Crippen molar-refractivity contribution in [1.29, 1.82) is 0 Å². The molecule has 0 aliphatic heterocycles. The quantitative estimate of drug-likeness (QED) is 0.539. The van der Waals surface area contributed by atoms with E-state index >= 15 is 0 Å². The van der Waals surface area contributed by atoms with Crippen LogP contribution >= 0.6 is 0 Å². The Kier molecular flexibility index (Phi) is 6.16. The second-order valence-electron chi connectivity index (χ2n) is 7.68. The van der Waals surface area contributed by atoms with Gasteiger partial charge in [-0.1, -0.05) is 12.1 Å². The highest BCUT2D eigenvalue weighted by Crippen LogP contribution is 2.41. The van der Waals surface area contributed by atoms with Crippen LogP contribution in [-0.4, -0.2) is 27.2 Å². The van der Waals surface area contributed by atoms with Crippen molar-refractivity contribution in [3.8, 4) is 17.2 Å². The molecule has 1 heterocycles. The van der Waals surface area contributed by atoms with E-state index in [1.807, 2.05) is 48.5 Å². The Labute approximate surface area is 182 Å². The molecule has 0 saturated heterocycles. The molecule has 1 unspecified atom stereocenters. The van der Waals surface area contributed by atoms with Gasteiger partial charge in [0.25, 0.3) is 5.91 Å². The maximum absolute atomic E-state index is 12.9. The summed E-state index contributed by atoms with van der Waals surface area (Å²) in [5, 5.41) is 3.15. The van der Waals surface area contributed by atoms with Crippen molar-refractivity contribution in [1.82, 2.24) is 5.32 Å². The molecule has 1 aromatic heterocycles. The van der Waals surface area contributed by atoms with Crippen LogP contribution in [0.4, 0.5) is 0 Å². The third kappa shape index (κ3) is 4.85. The first-order valence-corrected chi connectivity index (χ1v) is 10.4. The minimum Gasteiger partial charge on any atom is -0.497 e. The number of hydrogen-bond acceptors (Lipinski definition) is 5. The molecule has 1 saturated carbocycles. The number of carbonyl (C=O) groups excluding carboxylic acids is 1. The number of furan rings is 1. The lowest BCUT2D eigenvalue weighted by Crippen LogP contribution is -2.29. The maximum Gasteiger partial charge on any atom is 0.287 e. The Balaban J connectivity index is 1.47. The van der Waals surface area contributed by atoms with E-state index < -0.39 is 0 Å². The predicted molar refractivity (Wildman–Crippen MR) is 117 cm³/mol. The second-order valence-corrected chi connectivity index (χ2v) is 7.68. The molecule has 1 N–H and O–H groups in total. The standard InChI is InChI=1S/C25H27NO5/c1-28-19-8-6-17(7-9-19)24(16-4-5-16)26-25(27)23-13-11-21(31-23)15-18-14-20(29-2)10-12-22(18)30-3/h6-14,16,24H,4-5,15H2,1-3H3,(H,26,27). The molecule has 1 fully saturated rings. The smallest absolute Gasteiger partial charge is 0.287 e. The van der Waals surface area contributed by atoms with Crippen LogP contribution in [0.1, 0.15) is 46.3 Å². The van der Waals surface area contributed by atoms with Gasteiger partial charge in [-0.3, -0.25) is 4.79 Å². The van der Waals surface area contributed by atoms with Crippen molar-refractivity contribution in [2.75, 3.05) is 21.3 Å². The van der Waals surface area contributed by atoms with Crippen LogP contribution in [0.3, 0.4) is 0 Å². The van der Waals surface area contributed by atoms with Gasteiger partial charge < -0.3 is 23.9 Å². The number of hydrogen-bond donors (Lipinski definition) is 1. The van der Waals surface area contributed by atoms with Crippen molar-refractivity contribution < 1.29 is 23.4 Å². The normalized spacial score (nSPS) is 14.0. The Morgan fingerprint density at radius 2 is 1.68 bits per heavy atom. The van der Waals surface area contributed by atoms with Crippen LogP contribution in [0, 0.1) is 5.92 Å². The zero-order valence-corrected chi connectivity index (χ0v) is 18.0. The average Bonchev–Trinajstić information content (AvgIpc) is 3.55. The van der Waals surface area contributed by atoms with Crippen molar-refractivity contribution in [3.05, 3.63) is 77.2 Å². The molecule has 31 heavy (non-hydrogen) atoms. The minimum atomic E-state index is -0.212. The van der Waals surface area contributed by atoms with Crippen molar-refractivity contribution in [2.45, 2.75) is 25.3 Å². The predicted octanol–water partition coefficient (Wildman–Crippen LogP) is 4.78. The van der Waals surface area contributed by atoms with E-state index in [0.29, 0.717) is 23.9 Å². The number of nitrogens with one attached hydrogen (secondary N) is 1. The van der Waals surface area contributed by atoms with Gasteiger partial charge in [-0.25, -0.2) is 0 Å². The summed E-state index contributed by atoms with van der Waals surface area (Å²) in [6.45, 7) is 0. The summed E-state index contributed by atoms with van der Waals surface area (Å²) in [5.41, 5.74) is 2.00. The van der Waals surface area contributed by atoms with E-state index in [1.54, 1.807) is 27.4 Å². The third-order valence-electron chi connectivity index (χ3n) is 5.59. The molecular formula is C25H27NO5. The lowest BCUT2D eigenvalue weighted by molar-refractivity contribution is 0.0902. The summed E-state index contributed by atoms with van der Waals surface area (Å²) in [6, 6.07) is 17.0. The average molecular weight is 421 g/mol. The van der Waals surface area contributed by atoms with E-state index in [1.165, 1.54) is 0 Å². The molecular weight excluding hydrogens is 394 g/mol. The number of carbonyl (C=O) groups is 1. The molecule has 1 aliphatic carbocycles. The topological polar surface area (TPSA) is 69.9 Å². The van der Waals surface area contributed by atoms with Gasteiger partial charge in [0.1, 0.15) is 23.0 Å². The first-order chi connectivity index (χ1) is 15.1. The molecule has 4 rings (SSSR count). The van der Waals surface area contributed by atoms with Crippen LogP contribution < -0.4 is 19.5 Å². The fourth-order valence-electron chi connectivity index (χ4n) is 3.73. The first kappa shape index (κ1) is 20.8. The van der Waals surface area contributed by atoms with Crippen LogP contribution in [-0.2, 0) is 6.42 Å². The highest BCUT2D eigenvalue weighted by molar-refractivity contribution is 5.91. The maximum atomic E-state index is 12.9. The SMILES string of the molecule is COc1ccc(C(NC(=O)c2ccc(Cc3cc(OC)ccc3OC)o2)C2CC2)cc1. The monoisotopic (exact) mass is 421 g/mol. The largest absolute Gasteiger partial charge is 0.497 e. The summed E-state index contributed by atoms with van der Waals surface area (Å²) >= 11 is 0. The van der Waals surface area contributed by atoms with Gasteiger partial charge in [-0.05, 0) is 66.8 Å². The first-order valence-electron chi connectivity index (χ1n) is 10.4. The Morgan fingerprint density at radius 3 is 2.32 bits per heavy atom. The van der Waals surface area contributed by atoms with Crippen LogP contribution in [0.25, 0.3) is 0 Å². The summed E-state index contributed by atoms with van der Waals surface area (Å²) in [4.78, 5) is 12.9. The molecule has 2 aromatic carbocycles. The van der Waals surface area contributed by atoms with Crippen molar-refractivity contribution >= 4 is 5.91 Å². The lowest BCUT2D eigenvalue weighted by Gasteiger charge is -2.18. The summed E-state index contributed by atoms with van der Waals surface area (Å²) < 4.78 is 21.8. The minimum absolute atomic E-state index is 0.0366. The number of amides is 1. The fourth-order valence-corrected chi connectivity index (χ4v) is 3.73. The Morgan fingerprint density at radius 1 is 0.968 bits per heavy atom. The molecule has 0 radical (unpaired) electrons. The second kappa shape index (κ2) is 9.16. The van der Waals surface area contributed by atoms with E-state index in [4.69, 9.17) is 18.6 Å². The molecule has 1 atom stereocenters. The number of methoxy groups -OCH3 is 3. The third-order valence-corrected chi connectivity index (χ3v) is 5.59. The zero-order chi connectivity index (χ0) is 21.8. The number of rotatable bonds is 9. The van der Waals surface area contributed by atoms with Crippen molar-refractivity contribution in [2.24, 2.45) is 5.92 Å². The van der Waals surface area contributed by atoms with Gasteiger partial charge >= 0.3 is 0 Å². The molecule has 6 heteroatoms. The molecule has 6 nitrogen and oxygen atoms in total. The summed E-state index contributed by atoms with van der Waals surface area (Å²) in [7, 11) is 4.90. The van der Waals surface area contributed by atoms with Crippen LogP contribution in [0.2, 0.25) is 0 Å². The molecule has 0 spiro atoms. The van der Waals surface area contributed by atoms with Gasteiger partial charge in [-0.2, -0.15) is 0 Å². The number of benzene rings is 2. The van der Waals surface area contributed by atoms with E-state index in [-0.39, 0.29) is 11.9 Å². The summed E-state index contributed by atoms with van der Waals surface area (Å²) in [5.74, 6) is 3.52.